The van der Waals surface area contributed by atoms with E-state index in [0.29, 0.717) is 12.0 Å². The van der Waals surface area contributed by atoms with Crippen molar-refractivity contribution in [2.45, 2.75) is 52.6 Å². The highest BCUT2D eigenvalue weighted by atomic mass is 15.2. The van der Waals surface area contributed by atoms with Crippen LogP contribution in [-0.4, -0.2) is 29.1 Å². The van der Waals surface area contributed by atoms with E-state index in [1.165, 1.54) is 19.3 Å². The molecular weight excluding hydrogens is 236 g/mol. The molecule has 0 bridgehead atoms. The molecule has 1 aliphatic heterocycles. The summed E-state index contributed by atoms with van der Waals surface area (Å²) in [5.74, 6) is 1.70. The summed E-state index contributed by atoms with van der Waals surface area (Å²) in [5, 5.41) is 3.42. The SMILES string of the molecule is CC(C)CNCc1cncc(N2CCCCC2C)n1. The standard InChI is InChI=1S/C15H26N4/c1-12(2)8-16-9-14-10-17-11-15(18-14)19-7-5-4-6-13(19)3/h10-13,16H,4-9H2,1-3H3. The average Bonchev–Trinajstić information content (AvgIpc) is 2.39. The van der Waals surface area contributed by atoms with Crippen LogP contribution in [0.25, 0.3) is 0 Å². The first-order chi connectivity index (χ1) is 9.16. The van der Waals surface area contributed by atoms with E-state index < -0.39 is 0 Å². The smallest absolute Gasteiger partial charge is 0.147 e. The Labute approximate surface area is 116 Å². The van der Waals surface area contributed by atoms with Crippen LogP contribution in [0.5, 0.6) is 0 Å². The summed E-state index contributed by atoms with van der Waals surface area (Å²) in [7, 11) is 0. The Morgan fingerprint density at radius 2 is 2.21 bits per heavy atom. The number of piperidine rings is 1. The number of hydrogen-bond acceptors (Lipinski definition) is 4. The van der Waals surface area contributed by atoms with Crippen LogP contribution in [0.1, 0.15) is 45.7 Å². The van der Waals surface area contributed by atoms with Gasteiger partial charge in [0.25, 0.3) is 0 Å². The summed E-state index contributed by atoms with van der Waals surface area (Å²) >= 11 is 0. The van der Waals surface area contributed by atoms with E-state index in [0.717, 1.165) is 31.1 Å². The third-order valence-corrected chi connectivity index (χ3v) is 3.63. The number of rotatable bonds is 5. The van der Waals surface area contributed by atoms with Gasteiger partial charge in [-0.15, -0.1) is 0 Å². The summed E-state index contributed by atoms with van der Waals surface area (Å²) < 4.78 is 0. The van der Waals surface area contributed by atoms with Gasteiger partial charge in [0.05, 0.1) is 11.9 Å². The maximum atomic E-state index is 4.74. The van der Waals surface area contributed by atoms with Gasteiger partial charge in [0, 0.05) is 25.3 Å². The minimum absolute atomic E-state index is 0.585. The molecule has 1 atom stereocenters. The van der Waals surface area contributed by atoms with E-state index in [4.69, 9.17) is 4.98 Å². The molecule has 0 aromatic carbocycles. The number of nitrogens with one attached hydrogen (secondary N) is 1. The van der Waals surface area contributed by atoms with Crippen LogP contribution in [0.15, 0.2) is 12.4 Å². The zero-order chi connectivity index (χ0) is 13.7. The molecular formula is C15H26N4. The van der Waals surface area contributed by atoms with Crippen molar-refractivity contribution in [2.75, 3.05) is 18.0 Å². The molecule has 0 amide bonds. The first kappa shape index (κ1) is 14.3. The van der Waals surface area contributed by atoms with Crippen LogP contribution in [0.4, 0.5) is 5.82 Å². The van der Waals surface area contributed by atoms with Crippen molar-refractivity contribution in [3.63, 3.8) is 0 Å². The molecule has 19 heavy (non-hydrogen) atoms. The number of nitrogens with zero attached hydrogens (tertiary/aromatic N) is 3. The van der Waals surface area contributed by atoms with Gasteiger partial charge in [-0.25, -0.2) is 4.98 Å². The summed E-state index contributed by atoms with van der Waals surface area (Å²) in [6.45, 7) is 9.64. The van der Waals surface area contributed by atoms with Crippen LogP contribution >= 0.6 is 0 Å². The fourth-order valence-electron chi connectivity index (χ4n) is 2.55. The van der Waals surface area contributed by atoms with Gasteiger partial charge in [-0.1, -0.05) is 13.8 Å². The zero-order valence-electron chi connectivity index (χ0n) is 12.4. The van der Waals surface area contributed by atoms with Crippen molar-refractivity contribution < 1.29 is 0 Å². The summed E-state index contributed by atoms with van der Waals surface area (Å²) in [6.07, 6.45) is 7.62. The fraction of sp³-hybridized carbons (Fsp3) is 0.733. The summed E-state index contributed by atoms with van der Waals surface area (Å²) in [4.78, 5) is 11.5. The van der Waals surface area contributed by atoms with E-state index in [-0.39, 0.29) is 0 Å². The first-order valence-corrected chi connectivity index (χ1v) is 7.45. The second-order valence-corrected chi connectivity index (χ2v) is 5.93. The highest BCUT2D eigenvalue weighted by molar-refractivity contribution is 5.38. The summed E-state index contributed by atoms with van der Waals surface area (Å²) in [6, 6.07) is 0.585. The van der Waals surface area contributed by atoms with Gasteiger partial charge in [-0.05, 0) is 38.6 Å². The lowest BCUT2D eigenvalue weighted by atomic mass is 10.0. The minimum atomic E-state index is 0.585. The molecule has 4 heteroatoms. The van der Waals surface area contributed by atoms with E-state index in [9.17, 15) is 0 Å². The molecule has 1 aromatic heterocycles. The van der Waals surface area contributed by atoms with Crippen LogP contribution in [0.2, 0.25) is 0 Å². The highest BCUT2D eigenvalue weighted by Crippen LogP contribution is 2.22. The van der Waals surface area contributed by atoms with Crippen molar-refractivity contribution in [1.29, 1.82) is 0 Å². The molecule has 0 spiro atoms. The first-order valence-electron chi connectivity index (χ1n) is 7.45. The number of aromatic nitrogens is 2. The van der Waals surface area contributed by atoms with E-state index >= 15 is 0 Å². The van der Waals surface area contributed by atoms with Gasteiger partial charge in [-0.2, -0.15) is 0 Å². The fourth-order valence-corrected chi connectivity index (χ4v) is 2.55. The molecule has 0 radical (unpaired) electrons. The van der Waals surface area contributed by atoms with Gasteiger partial charge in [0.1, 0.15) is 5.82 Å². The monoisotopic (exact) mass is 262 g/mol. The Kier molecular flexibility index (Phi) is 5.14. The maximum absolute atomic E-state index is 4.74. The van der Waals surface area contributed by atoms with Crippen molar-refractivity contribution in [1.82, 2.24) is 15.3 Å². The van der Waals surface area contributed by atoms with Gasteiger partial charge in [-0.3, -0.25) is 4.98 Å². The molecule has 0 aliphatic carbocycles. The molecule has 106 valence electrons. The van der Waals surface area contributed by atoms with Gasteiger partial charge >= 0.3 is 0 Å². The largest absolute Gasteiger partial charge is 0.353 e. The Bertz CT molecular complexity index is 391. The van der Waals surface area contributed by atoms with Crippen LogP contribution in [-0.2, 0) is 6.54 Å². The molecule has 1 aliphatic rings. The lowest BCUT2D eigenvalue weighted by Crippen LogP contribution is -2.38. The van der Waals surface area contributed by atoms with Crippen LogP contribution < -0.4 is 10.2 Å². The second kappa shape index (κ2) is 6.85. The third kappa shape index (κ3) is 4.16. The molecule has 4 nitrogen and oxygen atoms in total. The van der Waals surface area contributed by atoms with Crippen LogP contribution in [0, 0.1) is 5.92 Å². The second-order valence-electron chi connectivity index (χ2n) is 5.93. The zero-order valence-corrected chi connectivity index (χ0v) is 12.4. The Balaban J connectivity index is 1.98. The minimum Gasteiger partial charge on any atom is -0.353 e. The average molecular weight is 262 g/mol. The molecule has 1 fully saturated rings. The quantitative estimate of drug-likeness (QED) is 0.885. The van der Waals surface area contributed by atoms with Crippen molar-refractivity contribution in [3.8, 4) is 0 Å². The molecule has 1 saturated heterocycles. The normalized spacial score (nSPS) is 20.0. The van der Waals surface area contributed by atoms with E-state index in [2.05, 4.69) is 36.0 Å². The lowest BCUT2D eigenvalue weighted by Gasteiger charge is -2.34. The predicted molar refractivity (Wildman–Crippen MR) is 79.2 cm³/mol. The molecule has 0 saturated carbocycles. The Hall–Kier alpha value is -1.16. The highest BCUT2D eigenvalue weighted by Gasteiger charge is 2.19. The van der Waals surface area contributed by atoms with Crippen molar-refractivity contribution in [2.24, 2.45) is 5.92 Å². The van der Waals surface area contributed by atoms with E-state index in [1.807, 2.05) is 12.4 Å². The van der Waals surface area contributed by atoms with Gasteiger partial charge < -0.3 is 10.2 Å². The topological polar surface area (TPSA) is 41.1 Å². The number of hydrogen-bond donors (Lipinski definition) is 1. The Morgan fingerprint density at radius 3 is 2.95 bits per heavy atom. The van der Waals surface area contributed by atoms with E-state index in [1.54, 1.807) is 0 Å². The van der Waals surface area contributed by atoms with Gasteiger partial charge in [0.15, 0.2) is 0 Å². The van der Waals surface area contributed by atoms with Crippen molar-refractivity contribution >= 4 is 5.82 Å². The third-order valence-electron chi connectivity index (χ3n) is 3.63. The maximum Gasteiger partial charge on any atom is 0.147 e. The molecule has 1 aromatic rings. The van der Waals surface area contributed by atoms with Crippen LogP contribution in [0.3, 0.4) is 0 Å². The molecule has 2 heterocycles. The summed E-state index contributed by atoms with van der Waals surface area (Å²) in [5.41, 5.74) is 1.04. The number of anilines is 1. The predicted octanol–water partition coefficient (Wildman–Crippen LogP) is 2.60. The molecule has 1 unspecified atom stereocenters. The lowest BCUT2D eigenvalue weighted by molar-refractivity contribution is 0.479. The molecule has 1 N–H and O–H groups in total. The Morgan fingerprint density at radius 1 is 1.37 bits per heavy atom. The van der Waals surface area contributed by atoms with Gasteiger partial charge in [0.2, 0.25) is 0 Å². The van der Waals surface area contributed by atoms with Crippen molar-refractivity contribution in [3.05, 3.63) is 18.1 Å². The molecule has 2 rings (SSSR count).